The van der Waals surface area contributed by atoms with Crippen molar-refractivity contribution in [3.8, 4) is 0 Å². The third kappa shape index (κ3) is 16.9. The van der Waals surface area contributed by atoms with Gasteiger partial charge in [0.05, 0.1) is 6.10 Å². The predicted molar refractivity (Wildman–Crippen MR) is 182 cm³/mol. The number of allylic oxidation sites excluding steroid dienone is 3. The molecule has 0 saturated heterocycles. The van der Waals surface area contributed by atoms with Crippen molar-refractivity contribution in [1.82, 2.24) is 5.32 Å². The van der Waals surface area contributed by atoms with Gasteiger partial charge in [-0.15, -0.1) is 0 Å². The Morgan fingerprint density at radius 2 is 1.80 bits per heavy atom. The number of hydrogen-bond donors (Lipinski definition) is 3. The van der Waals surface area contributed by atoms with E-state index in [4.69, 9.17) is 20.9 Å². The number of hydrogen-bond acceptors (Lipinski definition) is 7. The minimum absolute atomic E-state index is 0. The number of nitrogens with two attached hydrogens (primary N) is 1. The fraction of sp³-hybridized carbons (Fsp3) is 0.629. The van der Waals surface area contributed by atoms with E-state index in [1.165, 1.54) is 50.5 Å². The van der Waals surface area contributed by atoms with E-state index in [0.717, 1.165) is 29.5 Å². The van der Waals surface area contributed by atoms with Gasteiger partial charge >= 0.3 is 57.4 Å². The maximum atomic E-state index is 13.3. The molecule has 0 radical (unpaired) electrons. The Morgan fingerprint density at radius 1 is 1.20 bits per heavy atom. The summed E-state index contributed by atoms with van der Waals surface area (Å²) in [6.45, 7) is 17.1. The van der Waals surface area contributed by atoms with Crippen molar-refractivity contribution in [2.45, 2.75) is 132 Å². The van der Waals surface area contributed by atoms with Gasteiger partial charge in [-0.25, -0.2) is 0 Å². The number of aliphatic imine (C=N–C) groups is 1. The largest absolute Gasteiger partial charge is 1.00 e. The Bertz CT molecular complexity index is 1050. The van der Waals surface area contributed by atoms with Crippen molar-refractivity contribution >= 4 is 29.0 Å². The average Bonchev–Trinajstić information content (AvgIpc) is 2.98. The average molecular weight is 641 g/mol. The van der Waals surface area contributed by atoms with Gasteiger partial charge in [0, 0.05) is 35.8 Å². The molecule has 1 aromatic rings. The van der Waals surface area contributed by atoms with Gasteiger partial charge in [-0.05, 0) is 100 Å². The van der Waals surface area contributed by atoms with Crippen molar-refractivity contribution in [2.75, 3.05) is 7.05 Å². The summed E-state index contributed by atoms with van der Waals surface area (Å²) in [6, 6.07) is 5.75. The number of esters is 1. The van der Waals surface area contributed by atoms with E-state index >= 15 is 0 Å². The van der Waals surface area contributed by atoms with E-state index in [0.29, 0.717) is 29.2 Å². The van der Waals surface area contributed by atoms with Crippen LogP contribution in [0.4, 0.5) is 0 Å². The second kappa shape index (κ2) is 26.0. The minimum Gasteiger partial charge on any atom is -0.835 e. The number of carbonyl (C=O) groups is 1. The van der Waals surface area contributed by atoms with E-state index in [1.54, 1.807) is 27.8 Å². The topological polar surface area (TPSA) is 155 Å². The van der Waals surface area contributed by atoms with Crippen molar-refractivity contribution in [1.29, 1.82) is 5.41 Å². The molecule has 1 aliphatic rings. The molecular formula is C35H61KN4O4. The third-order valence-corrected chi connectivity index (χ3v) is 7.26. The first kappa shape index (κ1) is 47.2. The summed E-state index contributed by atoms with van der Waals surface area (Å²) in [4.78, 5) is 15.4. The Labute approximate surface area is 311 Å². The van der Waals surface area contributed by atoms with Crippen LogP contribution in [0.2, 0.25) is 0 Å². The molecule has 1 atom stereocenters. The van der Waals surface area contributed by atoms with Gasteiger partial charge in [-0.2, -0.15) is 0 Å². The van der Waals surface area contributed by atoms with Crippen molar-refractivity contribution < 1.29 is 71.5 Å². The van der Waals surface area contributed by atoms with Crippen molar-refractivity contribution in [3.05, 3.63) is 46.8 Å². The zero-order chi connectivity index (χ0) is 32.3. The summed E-state index contributed by atoms with van der Waals surface area (Å²) in [7, 11) is 1.67. The summed E-state index contributed by atoms with van der Waals surface area (Å²) in [5.41, 5.74) is 10.2. The summed E-state index contributed by atoms with van der Waals surface area (Å²) < 4.78 is 4.76. The summed E-state index contributed by atoms with van der Waals surface area (Å²) in [6.07, 6.45) is 13.5. The molecule has 0 spiro atoms. The molecule has 246 valence electrons. The molecular weight excluding hydrogens is 580 g/mol. The van der Waals surface area contributed by atoms with Crippen LogP contribution in [0.1, 0.15) is 137 Å². The summed E-state index contributed by atoms with van der Waals surface area (Å²) in [5.74, 6) is 0.469. The first-order valence-electron chi connectivity index (χ1n) is 15.9. The van der Waals surface area contributed by atoms with E-state index in [2.05, 4.69) is 12.2 Å². The van der Waals surface area contributed by atoms with Crippen LogP contribution in [0.5, 0.6) is 0 Å². The Kier molecular flexibility index (Phi) is 27.9. The van der Waals surface area contributed by atoms with E-state index in [9.17, 15) is 9.90 Å². The quantitative estimate of drug-likeness (QED) is 0.137. The Morgan fingerprint density at radius 3 is 2.23 bits per heavy atom. The first-order valence-corrected chi connectivity index (χ1v) is 15.9. The van der Waals surface area contributed by atoms with Gasteiger partial charge in [-0.1, -0.05) is 72.4 Å². The van der Waals surface area contributed by atoms with E-state index in [-0.39, 0.29) is 68.9 Å². The zero-order valence-electron chi connectivity index (χ0n) is 29.7. The van der Waals surface area contributed by atoms with Crippen LogP contribution < -0.4 is 67.5 Å². The monoisotopic (exact) mass is 640 g/mol. The Hall–Kier alpha value is -1.17. The summed E-state index contributed by atoms with van der Waals surface area (Å²) >= 11 is 0. The minimum atomic E-state index is -1.48. The molecule has 0 aliphatic heterocycles. The molecule has 44 heavy (non-hydrogen) atoms. The molecule has 0 heterocycles. The van der Waals surface area contributed by atoms with E-state index < -0.39 is 5.72 Å². The maximum Gasteiger partial charge on any atom is 1.00 e. The zero-order valence-corrected chi connectivity index (χ0v) is 32.8. The SMILES string of the molecule is CC.CCC(=O)OC(C)C.CCCCC(=N/C=C(\C)c1ccc(/C(C=N)=C(\C)N)cc1C(C)([O-])NC)C1CCCCC1.O.[K+]. The molecule has 1 saturated carbocycles. The molecule has 1 fully saturated rings. The molecule has 1 aromatic carbocycles. The van der Waals surface area contributed by atoms with Crippen LogP contribution in [0.25, 0.3) is 11.1 Å². The predicted octanol–water partition coefficient (Wildman–Crippen LogP) is 3.90. The normalized spacial score (nSPS) is 15.5. The smallest absolute Gasteiger partial charge is 0.835 e. The molecule has 2 rings (SSSR count). The molecule has 1 aliphatic carbocycles. The van der Waals surface area contributed by atoms with Crippen LogP contribution >= 0.6 is 0 Å². The van der Waals surface area contributed by atoms with Crippen LogP contribution in [-0.4, -0.2) is 36.5 Å². The number of carbonyl (C=O) groups excluding carboxylic acids is 1. The number of benzene rings is 1. The van der Waals surface area contributed by atoms with Crippen LogP contribution in [0.3, 0.4) is 0 Å². The number of ether oxygens (including phenoxy) is 1. The number of rotatable bonds is 12. The first-order chi connectivity index (χ1) is 19.9. The molecule has 8 nitrogen and oxygen atoms in total. The maximum absolute atomic E-state index is 13.3. The number of nitrogens with one attached hydrogen (secondary N) is 2. The standard InChI is InChI=1S/C27H41N4O.C6H12O2.C2H6.K.H2O/c1-6-7-13-26(21-11-9-8-10-12-21)31-18-19(2)23-15-14-22(24(17-28)20(3)29)16-25(23)27(4,32)30-5;1-4-6(7)8-5(2)3;1-2;;/h14-18,21,28,30H,6-13,29H2,1-5H3;5H,4H2,1-3H3;1-2H3;;1H2/q-1;;;+1;/b19-18+,24-20+,28-17?,31-26?;;;;. The van der Waals surface area contributed by atoms with E-state index in [1.807, 2.05) is 59.0 Å². The molecule has 0 aromatic heterocycles. The molecule has 0 amide bonds. The van der Waals surface area contributed by atoms with Gasteiger partial charge in [0.25, 0.3) is 0 Å². The molecule has 9 heteroatoms. The van der Waals surface area contributed by atoms with Gasteiger partial charge in [0.2, 0.25) is 0 Å². The fourth-order valence-electron chi connectivity index (χ4n) is 4.77. The molecule has 0 bridgehead atoms. The van der Waals surface area contributed by atoms with Crippen molar-refractivity contribution in [2.24, 2.45) is 16.6 Å². The van der Waals surface area contributed by atoms with Gasteiger partial charge < -0.3 is 31.8 Å². The molecule has 6 N–H and O–H groups in total. The van der Waals surface area contributed by atoms with Gasteiger partial charge in [0.15, 0.2) is 0 Å². The number of nitrogens with zero attached hydrogens (tertiary/aromatic N) is 1. The Balaban J connectivity index is -0.00000122. The van der Waals surface area contributed by atoms with Crippen LogP contribution in [0.15, 0.2) is 35.1 Å². The second-order valence-corrected chi connectivity index (χ2v) is 11.0. The van der Waals surface area contributed by atoms with Crippen LogP contribution in [-0.2, 0) is 15.3 Å². The number of unbranched alkanes of at least 4 members (excludes halogenated alkanes) is 1. The molecule has 1 unspecified atom stereocenters. The third-order valence-electron chi connectivity index (χ3n) is 7.26. The van der Waals surface area contributed by atoms with Gasteiger partial charge in [-0.3, -0.25) is 9.79 Å². The van der Waals surface area contributed by atoms with Crippen LogP contribution in [0, 0.1) is 11.3 Å². The second-order valence-electron chi connectivity index (χ2n) is 11.0. The fourth-order valence-corrected chi connectivity index (χ4v) is 4.77. The summed E-state index contributed by atoms with van der Waals surface area (Å²) in [5, 5.41) is 23.9. The van der Waals surface area contributed by atoms with Gasteiger partial charge in [0.1, 0.15) is 0 Å². The van der Waals surface area contributed by atoms with Crippen molar-refractivity contribution in [3.63, 3.8) is 0 Å².